The lowest BCUT2D eigenvalue weighted by molar-refractivity contribution is -0.274. The normalized spacial score (nSPS) is 13.5. The van der Waals surface area contributed by atoms with Crippen molar-refractivity contribution in [1.82, 2.24) is 5.32 Å². The number of hydrogen-bond donors (Lipinski definition) is 2. The van der Waals surface area contributed by atoms with Crippen LogP contribution >= 0.6 is 0 Å². The SMILES string of the molecule is O=C(NC[C@H](Cc1ccccc1OC(F)(F)F)C(=O)O)OCC1c2ccccc2-c2ccccc21. The highest BCUT2D eigenvalue weighted by molar-refractivity contribution is 5.79. The number of alkyl carbamates (subject to hydrolysis) is 1. The van der Waals surface area contributed by atoms with Crippen LogP contribution in [0.5, 0.6) is 5.75 Å². The molecule has 0 spiro atoms. The first kappa shape index (κ1) is 24.1. The number of rotatable bonds is 8. The van der Waals surface area contributed by atoms with Crippen LogP contribution < -0.4 is 10.1 Å². The van der Waals surface area contributed by atoms with Crippen molar-refractivity contribution in [2.24, 2.45) is 5.92 Å². The number of para-hydroxylation sites is 1. The van der Waals surface area contributed by atoms with E-state index in [0.29, 0.717) is 0 Å². The molecule has 1 amide bonds. The van der Waals surface area contributed by atoms with Crippen LogP contribution in [0.4, 0.5) is 18.0 Å². The Hall–Kier alpha value is -4.01. The van der Waals surface area contributed by atoms with Gasteiger partial charge in [-0.05, 0) is 40.3 Å². The van der Waals surface area contributed by atoms with Crippen molar-refractivity contribution in [1.29, 1.82) is 0 Å². The van der Waals surface area contributed by atoms with Crippen LogP contribution in [0, 0.1) is 5.92 Å². The zero-order valence-corrected chi connectivity index (χ0v) is 18.4. The Balaban J connectivity index is 1.37. The topological polar surface area (TPSA) is 84.9 Å². The zero-order chi connectivity index (χ0) is 25.0. The first-order chi connectivity index (χ1) is 16.7. The van der Waals surface area contributed by atoms with E-state index in [9.17, 15) is 27.9 Å². The molecular formula is C26H22F3NO5. The number of halogens is 3. The quantitative estimate of drug-likeness (QED) is 0.448. The molecule has 1 atom stereocenters. The molecule has 3 aromatic carbocycles. The largest absolute Gasteiger partial charge is 0.573 e. The maximum Gasteiger partial charge on any atom is 0.573 e. The smallest absolute Gasteiger partial charge is 0.481 e. The Bertz CT molecular complexity index is 1180. The molecule has 0 fully saturated rings. The average Bonchev–Trinajstić information content (AvgIpc) is 3.14. The number of fused-ring (bicyclic) bond motifs is 3. The number of nitrogens with one attached hydrogen (secondary N) is 1. The van der Waals surface area contributed by atoms with Crippen LogP contribution in [0.1, 0.15) is 22.6 Å². The Kier molecular flexibility index (Phi) is 6.95. The number of amides is 1. The molecule has 182 valence electrons. The van der Waals surface area contributed by atoms with E-state index in [4.69, 9.17) is 4.74 Å². The maximum atomic E-state index is 12.7. The van der Waals surface area contributed by atoms with Crippen LogP contribution in [0.2, 0.25) is 0 Å². The van der Waals surface area contributed by atoms with Crippen LogP contribution in [0.15, 0.2) is 72.8 Å². The Morgan fingerprint density at radius 1 is 0.914 bits per heavy atom. The van der Waals surface area contributed by atoms with Gasteiger partial charge in [0.25, 0.3) is 0 Å². The minimum Gasteiger partial charge on any atom is -0.481 e. The molecule has 0 aromatic heterocycles. The second-order valence-electron chi connectivity index (χ2n) is 8.10. The second-order valence-corrected chi connectivity index (χ2v) is 8.10. The highest BCUT2D eigenvalue weighted by Gasteiger charge is 2.33. The van der Waals surface area contributed by atoms with Gasteiger partial charge in [0.15, 0.2) is 0 Å². The molecule has 1 aliphatic rings. The van der Waals surface area contributed by atoms with E-state index < -0.39 is 30.1 Å². The summed E-state index contributed by atoms with van der Waals surface area (Å²) in [4.78, 5) is 24.1. The third-order valence-electron chi connectivity index (χ3n) is 5.85. The third kappa shape index (κ3) is 5.74. The van der Waals surface area contributed by atoms with Crippen molar-refractivity contribution < 1.29 is 37.3 Å². The van der Waals surface area contributed by atoms with Gasteiger partial charge < -0.3 is 19.9 Å². The summed E-state index contributed by atoms with van der Waals surface area (Å²) in [5.74, 6) is -3.10. The number of carbonyl (C=O) groups is 2. The van der Waals surface area contributed by atoms with Gasteiger partial charge in [-0.2, -0.15) is 0 Å². The van der Waals surface area contributed by atoms with E-state index in [2.05, 4.69) is 10.1 Å². The van der Waals surface area contributed by atoms with Crippen LogP contribution in [-0.2, 0) is 16.0 Å². The number of carbonyl (C=O) groups excluding carboxylic acids is 1. The number of aliphatic carboxylic acids is 1. The van der Waals surface area contributed by atoms with Gasteiger partial charge in [-0.15, -0.1) is 13.2 Å². The summed E-state index contributed by atoms with van der Waals surface area (Å²) in [6.07, 6.45) is -5.99. The van der Waals surface area contributed by atoms with Crippen molar-refractivity contribution in [3.8, 4) is 16.9 Å². The Morgan fingerprint density at radius 3 is 2.09 bits per heavy atom. The summed E-state index contributed by atoms with van der Waals surface area (Å²) in [7, 11) is 0. The fourth-order valence-electron chi connectivity index (χ4n) is 4.26. The van der Waals surface area contributed by atoms with E-state index in [-0.39, 0.29) is 31.1 Å². The van der Waals surface area contributed by atoms with Crippen LogP contribution in [0.25, 0.3) is 11.1 Å². The lowest BCUT2D eigenvalue weighted by Gasteiger charge is -2.18. The van der Waals surface area contributed by atoms with E-state index in [0.717, 1.165) is 28.3 Å². The molecule has 0 saturated carbocycles. The first-order valence-corrected chi connectivity index (χ1v) is 10.9. The molecule has 0 radical (unpaired) electrons. The van der Waals surface area contributed by atoms with Crippen molar-refractivity contribution in [2.75, 3.05) is 13.2 Å². The van der Waals surface area contributed by atoms with E-state index >= 15 is 0 Å². The summed E-state index contributed by atoms with van der Waals surface area (Å²) in [6.45, 7) is -0.272. The van der Waals surface area contributed by atoms with Crippen molar-refractivity contribution in [2.45, 2.75) is 18.7 Å². The van der Waals surface area contributed by atoms with Crippen LogP contribution in [-0.4, -0.2) is 36.7 Å². The van der Waals surface area contributed by atoms with Gasteiger partial charge in [-0.1, -0.05) is 66.7 Å². The number of hydrogen-bond acceptors (Lipinski definition) is 4. The molecule has 3 aromatic rings. The molecule has 0 bridgehead atoms. The Morgan fingerprint density at radius 2 is 1.49 bits per heavy atom. The molecule has 9 heteroatoms. The van der Waals surface area contributed by atoms with Gasteiger partial charge in [-0.25, -0.2) is 4.79 Å². The summed E-state index contributed by atoms with van der Waals surface area (Å²) in [5.41, 5.74) is 4.27. The van der Waals surface area contributed by atoms with Gasteiger partial charge in [0.2, 0.25) is 0 Å². The van der Waals surface area contributed by atoms with Gasteiger partial charge in [-0.3, -0.25) is 4.79 Å². The number of carboxylic acids is 1. The van der Waals surface area contributed by atoms with Crippen molar-refractivity contribution in [3.63, 3.8) is 0 Å². The van der Waals surface area contributed by atoms with E-state index in [1.165, 1.54) is 18.2 Å². The number of ether oxygens (including phenoxy) is 2. The molecule has 0 unspecified atom stereocenters. The lowest BCUT2D eigenvalue weighted by Crippen LogP contribution is -2.35. The molecule has 2 N–H and O–H groups in total. The predicted octanol–water partition coefficient (Wildman–Crippen LogP) is 5.37. The standard InChI is InChI=1S/C26H22F3NO5/c27-26(28,29)35-23-12-6-1-7-16(23)13-17(24(31)32)14-30-25(33)34-15-22-20-10-4-2-8-18(20)19-9-3-5-11-21(19)22/h1-12,17,22H,13-15H2,(H,30,33)(H,31,32)/t17-/m0/s1. The van der Waals surface area contributed by atoms with E-state index in [1.807, 2.05) is 48.5 Å². The van der Waals surface area contributed by atoms with Gasteiger partial charge in [0.1, 0.15) is 12.4 Å². The Labute approximate surface area is 199 Å². The summed E-state index contributed by atoms with van der Waals surface area (Å²) >= 11 is 0. The molecular weight excluding hydrogens is 463 g/mol. The van der Waals surface area contributed by atoms with Gasteiger partial charge in [0, 0.05) is 12.5 Å². The monoisotopic (exact) mass is 485 g/mol. The average molecular weight is 485 g/mol. The minimum atomic E-state index is -4.91. The van der Waals surface area contributed by atoms with Crippen molar-refractivity contribution >= 4 is 12.1 Å². The van der Waals surface area contributed by atoms with E-state index in [1.54, 1.807) is 0 Å². The zero-order valence-electron chi connectivity index (χ0n) is 18.4. The van der Waals surface area contributed by atoms with Crippen molar-refractivity contribution in [3.05, 3.63) is 89.5 Å². The highest BCUT2D eigenvalue weighted by Crippen LogP contribution is 2.44. The molecule has 0 saturated heterocycles. The summed E-state index contributed by atoms with van der Waals surface area (Å²) in [6, 6.07) is 21.0. The second kappa shape index (κ2) is 10.1. The third-order valence-corrected chi connectivity index (χ3v) is 5.85. The number of alkyl halides is 3. The predicted molar refractivity (Wildman–Crippen MR) is 121 cm³/mol. The molecule has 35 heavy (non-hydrogen) atoms. The fourth-order valence-corrected chi connectivity index (χ4v) is 4.26. The molecule has 4 rings (SSSR count). The minimum absolute atomic E-state index is 0.0554. The summed E-state index contributed by atoms with van der Waals surface area (Å²) < 4.78 is 47.4. The molecule has 1 aliphatic carbocycles. The highest BCUT2D eigenvalue weighted by atomic mass is 19.4. The van der Waals surface area contributed by atoms with Gasteiger partial charge in [0.05, 0.1) is 5.92 Å². The number of benzene rings is 3. The maximum absolute atomic E-state index is 12.7. The van der Waals surface area contributed by atoms with Gasteiger partial charge >= 0.3 is 18.4 Å². The molecule has 0 aliphatic heterocycles. The fraction of sp³-hybridized carbons (Fsp3) is 0.231. The lowest BCUT2D eigenvalue weighted by atomic mass is 9.98. The first-order valence-electron chi connectivity index (χ1n) is 10.9. The number of carboxylic acid groups (broad SMARTS) is 1. The summed E-state index contributed by atoms with van der Waals surface area (Å²) in [5, 5.41) is 12.0. The molecule has 6 nitrogen and oxygen atoms in total. The molecule has 0 heterocycles. The van der Waals surface area contributed by atoms with Crippen LogP contribution in [0.3, 0.4) is 0 Å².